The Bertz CT molecular complexity index is 928. The van der Waals surface area contributed by atoms with Gasteiger partial charge in [-0.15, -0.1) is 0 Å². The summed E-state index contributed by atoms with van der Waals surface area (Å²) in [6.07, 6.45) is 13.4. The molecule has 0 heterocycles. The summed E-state index contributed by atoms with van der Waals surface area (Å²) in [4.78, 5) is 24.1. The smallest absolute Gasteiger partial charge is 0.333 e. The average molecular weight is 485 g/mol. The molecule has 0 bridgehead atoms. The van der Waals surface area contributed by atoms with Crippen LogP contribution >= 0.6 is 0 Å². The van der Waals surface area contributed by atoms with Crippen molar-refractivity contribution in [2.75, 3.05) is 7.11 Å². The van der Waals surface area contributed by atoms with Crippen LogP contribution in [0.25, 0.3) is 0 Å². The topological polar surface area (TPSA) is 63.6 Å². The molecule has 0 aromatic heterocycles. The Balaban J connectivity index is 1.61. The van der Waals surface area contributed by atoms with Gasteiger partial charge >= 0.3 is 5.97 Å². The maximum Gasteiger partial charge on any atom is 0.333 e. The molecule has 35 heavy (non-hydrogen) atoms. The number of aldehydes is 1. The van der Waals surface area contributed by atoms with Gasteiger partial charge in [-0.05, 0) is 105 Å². The quantitative estimate of drug-likeness (QED) is 0.195. The summed E-state index contributed by atoms with van der Waals surface area (Å²) in [5.74, 6) is 0.667. The van der Waals surface area contributed by atoms with Crippen molar-refractivity contribution in [3.8, 4) is 0 Å². The third-order valence-corrected chi connectivity index (χ3v) is 11.9. The van der Waals surface area contributed by atoms with Crippen LogP contribution in [0.2, 0.25) is 0 Å². The SMILES string of the molecule is COC(=O)C(C)=CCC[C@H](C=O)[C@@H]1CC[C@]2(C)C3=C(CC[C@@]12C)[C@@]1(C)CC[C@@H](O)C(C)(C)[C@@H]1CC3. The van der Waals surface area contributed by atoms with E-state index in [9.17, 15) is 14.7 Å². The standard InChI is InChI=1S/C31H48O4/c1-20(27(34)35-7)9-8-10-21(19-32)22-13-17-31(6)24-11-12-25-28(2,3)26(33)15-16-29(25,4)23(24)14-18-30(22,31)5/h9,19,21-22,25-26,33H,8,10-18H2,1-7H3/t21-,22+,25+,26-,29-,30+,31-/m1/s1. The molecular formula is C31H48O4. The first-order valence-electron chi connectivity index (χ1n) is 14.0. The lowest BCUT2D eigenvalue weighted by molar-refractivity contribution is -0.136. The van der Waals surface area contributed by atoms with E-state index >= 15 is 0 Å². The molecule has 196 valence electrons. The van der Waals surface area contributed by atoms with Crippen LogP contribution in [0.3, 0.4) is 0 Å². The molecule has 0 saturated heterocycles. The van der Waals surface area contributed by atoms with Gasteiger partial charge in [0.25, 0.3) is 0 Å². The van der Waals surface area contributed by atoms with Gasteiger partial charge in [-0.2, -0.15) is 0 Å². The van der Waals surface area contributed by atoms with Crippen LogP contribution in [-0.4, -0.2) is 30.6 Å². The zero-order valence-corrected chi connectivity index (χ0v) is 23.2. The van der Waals surface area contributed by atoms with Crippen molar-refractivity contribution in [2.45, 2.75) is 112 Å². The fraction of sp³-hybridized carbons (Fsp3) is 0.806. The number of hydrogen-bond donors (Lipinski definition) is 1. The molecule has 0 aliphatic heterocycles. The largest absolute Gasteiger partial charge is 0.466 e. The zero-order valence-electron chi connectivity index (χ0n) is 23.2. The summed E-state index contributed by atoms with van der Waals surface area (Å²) in [6, 6.07) is 0. The predicted octanol–water partition coefficient (Wildman–Crippen LogP) is 6.81. The molecule has 0 spiro atoms. The molecule has 0 radical (unpaired) electrons. The minimum absolute atomic E-state index is 0.0290. The Kier molecular flexibility index (Phi) is 6.97. The Labute approximate surface area is 213 Å². The second-order valence-electron chi connectivity index (χ2n) is 13.5. The van der Waals surface area contributed by atoms with Crippen LogP contribution in [0.5, 0.6) is 0 Å². The number of allylic oxidation sites excluding steroid dienone is 3. The molecule has 0 aromatic rings. The highest BCUT2D eigenvalue weighted by Gasteiger charge is 2.63. The number of methoxy groups -OCH3 is 1. The number of carbonyl (C=O) groups excluding carboxylic acids is 2. The maximum atomic E-state index is 12.4. The van der Waals surface area contributed by atoms with E-state index in [1.54, 1.807) is 18.1 Å². The van der Waals surface area contributed by atoms with Crippen LogP contribution in [-0.2, 0) is 14.3 Å². The van der Waals surface area contributed by atoms with E-state index in [2.05, 4.69) is 34.6 Å². The fourth-order valence-electron chi connectivity index (χ4n) is 9.50. The van der Waals surface area contributed by atoms with E-state index in [-0.39, 0.29) is 39.7 Å². The van der Waals surface area contributed by atoms with E-state index in [0.29, 0.717) is 17.4 Å². The lowest BCUT2D eigenvalue weighted by Crippen LogP contribution is -2.55. The first kappa shape index (κ1) is 26.6. The molecule has 1 N–H and O–H groups in total. The lowest BCUT2D eigenvalue weighted by atomic mass is 9.43. The second kappa shape index (κ2) is 9.15. The van der Waals surface area contributed by atoms with Gasteiger partial charge in [0.05, 0.1) is 13.2 Å². The van der Waals surface area contributed by atoms with Gasteiger partial charge in [-0.1, -0.05) is 51.8 Å². The van der Waals surface area contributed by atoms with Crippen molar-refractivity contribution in [1.82, 2.24) is 0 Å². The van der Waals surface area contributed by atoms with Gasteiger partial charge in [0, 0.05) is 11.5 Å². The first-order valence-corrected chi connectivity index (χ1v) is 14.0. The zero-order chi connectivity index (χ0) is 25.8. The van der Waals surface area contributed by atoms with Crippen LogP contribution in [0.15, 0.2) is 22.8 Å². The Hall–Kier alpha value is -1.42. The van der Waals surface area contributed by atoms with Gasteiger partial charge in [0.15, 0.2) is 0 Å². The highest BCUT2D eigenvalue weighted by atomic mass is 16.5. The van der Waals surface area contributed by atoms with Gasteiger partial charge < -0.3 is 14.6 Å². The van der Waals surface area contributed by atoms with Crippen molar-refractivity contribution in [2.24, 2.45) is 39.4 Å². The van der Waals surface area contributed by atoms with Crippen molar-refractivity contribution >= 4 is 12.3 Å². The summed E-state index contributed by atoms with van der Waals surface area (Å²) in [6.45, 7) is 13.9. The average Bonchev–Trinajstić information content (AvgIpc) is 3.10. The molecule has 4 rings (SSSR count). The summed E-state index contributed by atoms with van der Waals surface area (Å²) in [5, 5.41) is 10.8. The van der Waals surface area contributed by atoms with E-state index in [1.165, 1.54) is 26.2 Å². The summed E-state index contributed by atoms with van der Waals surface area (Å²) in [5.41, 5.74) is 4.49. The fourth-order valence-corrected chi connectivity index (χ4v) is 9.50. The molecule has 0 unspecified atom stereocenters. The van der Waals surface area contributed by atoms with Crippen LogP contribution in [0.4, 0.5) is 0 Å². The summed E-state index contributed by atoms with van der Waals surface area (Å²) < 4.78 is 4.81. The number of ether oxygens (including phenoxy) is 1. The molecule has 0 amide bonds. The third-order valence-electron chi connectivity index (χ3n) is 11.9. The van der Waals surface area contributed by atoms with Gasteiger partial charge in [-0.3, -0.25) is 0 Å². The van der Waals surface area contributed by atoms with E-state index in [1.807, 2.05) is 6.08 Å². The van der Waals surface area contributed by atoms with Crippen molar-refractivity contribution < 1.29 is 19.4 Å². The Morgan fingerprint density at radius 1 is 1.06 bits per heavy atom. The van der Waals surface area contributed by atoms with E-state index < -0.39 is 0 Å². The van der Waals surface area contributed by atoms with Crippen LogP contribution in [0.1, 0.15) is 106 Å². The maximum absolute atomic E-state index is 12.4. The van der Waals surface area contributed by atoms with Gasteiger partial charge in [0.1, 0.15) is 6.29 Å². The van der Waals surface area contributed by atoms with Crippen molar-refractivity contribution in [3.05, 3.63) is 22.8 Å². The minimum atomic E-state index is -0.290. The Morgan fingerprint density at radius 3 is 2.43 bits per heavy atom. The normalized spacial score (nSPS) is 41.5. The van der Waals surface area contributed by atoms with Crippen LogP contribution < -0.4 is 0 Å². The number of aliphatic hydroxyl groups is 1. The first-order chi connectivity index (χ1) is 16.4. The molecule has 4 aliphatic carbocycles. The van der Waals surface area contributed by atoms with Crippen molar-refractivity contribution in [1.29, 1.82) is 0 Å². The molecule has 2 fully saturated rings. The van der Waals surface area contributed by atoms with Gasteiger partial charge in [-0.25, -0.2) is 4.79 Å². The molecule has 2 saturated carbocycles. The predicted molar refractivity (Wildman–Crippen MR) is 140 cm³/mol. The highest BCUT2D eigenvalue weighted by molar-refractivity contribution is 5.87. The molecule has 4 aliphatic rings. The second-order valence-corrected chi connectivity index (χ2v) is 13.5. The Morgan fingerprint density at radius 2 is 1.77 bits per heavy atom. The van der Waals surface area contributed by atoms with Crippen molar-refractivity contribution in [3.63, 3.8) is 0 Å². The summed E-state index contributed by atoms with van der Waals surface area (Å²) >= 11 is 0. The molecule has 7 atom stereocenters. The number of fused-ring (bicyclic) bond motifs is 4. The minimum Gasteiger partial charge on any atom is -0.466 e. The van der Waals surface area contributed by atoms with E-state index in [4.69, 9.17) is 4.74 Å². The molecular weight excluding hydrogens is 436 g/mol. The number of carbonyl (C=O) groups is 2. The molecule has 4 heteroatoms. The molecule has 4 nitrogen and oxygen atoms in total. The monoisotopic (exact) mass is 484 g/mol. The lowest BCUT2D eigenvalue weighted by Gasteiger charge is -2.62. The summed E-state index contributed by atoms with van der Waals surface area (Å²) in [7, 11) is 1.41. The number of aliphatic hydroxyl groups excluding tert-OH is 1. The van der Waals surface area contributed by atoms with Gasteiger partial charge in [0.2, 0.25) is 0 Å². The van der Waals surface area contributed by atoms with E-state index in [0.717, 1.165) is 51.4 Å². The van der Waals surface area contributed by atoms with Crippen LogP contribution in [0, 0.1) is 39.4 Å². The molecule has 0 aromatic carbocycles. The third kappa shape index (κ3) is 3.88. The number of esters is 1. The number of rotatable bonds is 6. The highest BCUT2D eigenvalue weighted by Crippen LogP contribution is 2.72. The number of hydrogen-bond acceptors (Lipinski definition) is 4.